The molecule has 1 N–H and O–H groups in total. The standard InChI is InChI=1S/C14H22BrN3O/c1-11-9-17(13-5-4-12(15)8-16-13)6-7-18(11)10-14(2,3)19/h4-5,8,11,19H,6-7,9-10H2,1-3H3/t11-/m0/s1. The molecule has 0 spiro atoms. The van der Waals surface area contributed by atoms with Crippen LogP contribution in [-0.4, -0.2) is 52.8 Å². The van der Waals surface area contributed by atoms with Crippen LogP contribution in [0, 0.1) is 0 Å². The average molecular weight is 328 g/mol. The van der Waals surface area contributed by atoms with Crippen molar-refractivity contribution >= 4 is 21.7 Å². The fourth-order valence-corrected chi connectivity index (χ4v) is 2.72. The van der Waals surface area contributed by atoms with E-state index in [2.05, 4.69) is 37.6 Å². The molecule has 4 nitrogen and oxygen atoms in total. The van der Waals surface area contributed by atoms with Crippen molar-refractivity contribution < 1.29 is 5.11 Å². The second kappa shape index (κ2) is 5.77. The number of hydrogen-bond donors (Lipinski definition) is 1. The molecule has 2 heterocycles. The monoisotopic (exact) mass is 327 g/mol. The summed E-state index contributed by atoms with van der Waals surface area (Å²) in [6.45, 7) is 9.51. The first-order chi connectivity index (χ1) is 8.85. The van der Waals surface area contributed by atoms with Crippen molar-refractivity contribution in [1.82, 2.24) is 9.88 Å². The molecular weight excluding hydrogens is 306 g/mol. The van der Waals surface area contributed by atoms with E-state index in [9.17, 15) is 5.11 Å². The Balaban J connectivity index is 1.98. The van der Waals surface area contributed by atoms with Gasteiger partial charge in [-0.05, 0) is 48.8 Å². The van der Waals surface area contributed by atoms with Crippen LogP contribution in [0.1, 0.15) is 20.8 Å². The molecule has 0 aromatic carbocycles. The number of aliphatic hydroxyl groups is 1. The van der Waals surface area contributed by atoms with Gasteiger partial charge < -0.3 is 10.0 Å². The minimum atomic E-state index is -0.633. The van der Waals surface area contributed by atoms with Crippen LogP contribution in [0.5, 0.6) is 0 Å². The molecule has 1 aliphatic rings. The fourth-order valence-electron chi connectivity index (χ4n) is 2.49. The van der Waals surface area contributed by atoms with E-state index in [-0.39, 0.29) is 0 Å². The minimum absolute atomic E-state index is 0.422. The molecule has 0 unspecified atom stereocenters. The molecular formula is C14H22BrN3O. The number of halogens is 1. The second-order valence-corrected chi connectivity index (χ2v) is 6.83. The average Bonchev–Trinajstić information content (AvgIpc) is 2.31. The van der Waals surface area contributed by atoms with Crippen LogP contribution < -0.4 is 4.90 Å². The van der Waals surface area contributed by atoms with Gasteiger partial charge in [0, 0.05) is 42.9 Å². The van der Waals surface area contributed by atoms with Gasteiger partial charge in [0.1, 0.15) is 5.82 Å². The van der Waals surface area contributed by atoms with E-state index in [0.29, 0.717) is 6.04 Å². The molecule has 19 heavy (non-hydrogen) atoms. The fraction of sp³-hybridized carbons (Fsp3) is 0.643. The van der Waals surface area contributed by atoms with E-state index in [0.717, 1.165) is 36.5 Å². The van der Waals surface area contributed by atoms with E-state index in [1.54, 1.807) is 0 Å². The highest BCUT2D eigenvalue weighted by molar-refractivity contribution is 9.10. The van der Waals surface area contributed by atoms with Gasteiger partial charge in [0.2, 0.25) is 0 Å². The maximum Gasteiger partial charge on any atom is 0.128 e. The number of piperazine rings is 1. The van der Waals surface area contributed by atoms with Crippen LogP contribution >= 0.6 is 15.9 Å². The third-order valence-corrected chi connectivity index (χ3v) is 3.86. The summed E-state index contributed by atoms with van der Waals surface area (Å²) in [7, 11) is 0. The van der Waals surface area contributed by atoms with Gasteiger partial charge in [-0.25, -0.2) is 4.98 Å². The largest absolute Gasteiger partial charge is 0.389 e. The Bertz CT molecular complexity index is 416. The molecule has 2 rings (SSSR count). The number of aromatic nitrogens is 1. The summed E-state index contributed by atoms with van der Waals surface area (Å²) in [5, 5.41) is 9.93. The van der Waals surface area contributed by atoms with E-state index in [1.807, 2.05) is 32.2 Å². The summed E-state index contributed by atoms with van der Waals surface area (Å²) in [5.41, 5.74) is -0.633. The molecule has 1 aliphatic heterocycles. The molecule has 1 atom stereocenters. The molecule has 0 amide bonds. The summed E-state index contributed by atoms with van der Waals surface area (Å²) in [4.78, 5) is 9.09. The second-order valence-electron chi connectivity index (χ2n) is 5.91. The van der Waals surface area contributed by atoms with Crippen LogP contribution in [0.3, 0.4) is 0 Å². The van der Waals surface area contributed by atoms with Crippen LogP contribution in [-0.2, 0) is 0 Å². The molecule has 0 radical (unpaired) electrons. The first-order valence-corrected chi connectivity index (χ1v) is 7.47. The van der Waals surface area contributed by atoms with Crippen molar-refractivity contribution in [3.8, 4) is 0 Å². The van der Waals surface area contributed by atoms with Gasteiger partial charge >= 0.3 is 0 Å². The predicted molar refractivity (Wildman–Crippen MR) is 81.5 cm³/mol. The number of hydrogen-bond acceptors (Lipinski definition) is 4. The van der Waals surface area contributed by atoms with E-state index in [1.165, 1.54) is 0 Å². The van der Waals surface area contributed by atoms with Gasteiger partial charge in [0.25, 0.3) is 0 Å². The number of nitrogens with zero attached hydrogens (tertiary/aromatic N) is 3. The molecule has 5 heteroatoms. The Morgan fingerprint density at radius 1 is 1.42 bits per heavy atom. The molecule has 1 saturated heterocycles. The lowest BCUT2D eigenvalue weighted by Gasteiger charge is -2.42. The Morgan fingerprint density at radius 3 is 2.68 bits per heavy atom. The summed E-state index contributed by atoms with van der Waals surface area (Å²) >= 11 is 3.41. The molecule has 0 bridgehead atoms. The lowest BCUT2D eigenvalue weighted by molar-refractivity contribution is 0.0200. The summed E-state index contributed by atoms with van der Waals surface area (Å²) in [6.07, 6.45) is 1.84. The molecule has 1 fully saturated rings. The number of pyridine rings is 1. The SMILES string of the molecule is C[C@H]1CN(c2ccc(Br)cn2)CCN1CC(C)(C)O. The maximum atomic E-state index is 9.93. The smallest absolute Gasteiger partial charge is 0.128 e. The minimum Gasteiger partial charge on any atom is -0.389 e. The van der Waals surface area contributed by atoms with Crippen LogP contribution in [0.15, 0.2) is 22.8 Å². The number of rotatable bonds is 3. The van der Waals surface area contributed by atoms with Gasteiger partial charge in [0.15, 0.2) is 0 Å². The number of anilines is 1. The maximum absolute atomic E-state index is 9.93. The van der Waals surface area contributed by atoms with Crippen molar-refractivity contribution in [2.24, 2.45) is 0 Å². The summed E-state index contributed by atoms with van der Waals surface area (Å²) in [5.74, 6) is 1.03. The van der Waals surface area contributed by atoms with Crippen molar-refractivity contribution in [1.29, 1.82) is 0 Å². The van der Waals surface area contributed by atoms with Crippen molar-refractivity contribution in [2.45, 2.75) is 32.4 Å². The Hall–Kier alpha value is -0.650. The van der Waals surface area contributed by atoms with Gasteiger partial charge in [-0.2, -0.15) is 0 Å². The molecule has 0 saturated carbocycles. The lowest BCUT2D eigenvalue weighted by Crippen LogP contribution is -2.55. The molecule has 1 aromatic heterocycles. The van der Waals surface area contributed by atoms with Gasteiger partial charge in [-0.1, -0.05) is 0 Å². The highest BCUT2D eigenvalue weighted by atomic mass is 79.9. The van der Waals surface area contributed by atoms with Crippen molar-refractivity contribution in [3.63, 3.8) is 0 Å². The Morgan fingerprint density at radius 2 is 2.16 bits per heavy atom. The first kappa shape index (κ1) is 14.8. The van der Waals surface area contributed by atoms with Gasteiger partial charge in [-0.15, -0.1) is 0 Å². The van der Waals surface area contributed by atoms with Crippen LogP contribution in [0.25, 0.3) is 0 Å². The van der Waals surface area contributed by atoms with E-state index in [4.69, 9.17) is 0 Å². The van der Waals surface area contributed by atoms with Gasteiger partial charge in [-0.3, -0.25) is 4.90 Å². The summed E-state index contributed by atoms with van der Waals surface area (Å²) in [6, 6.07) is 4.49. The van der Waals surface area contributed by atoms with Crippen LogP contribution in [0.2, 0.25) is 0 Å². The van der Waals surface area contributed by atoms with Gasteiger partial charge in [0.05, 0.1) is 5.60 Å². The number of β-amino-alcohol motifs (C(OH)–C–C–N with tert-alkyl or cyclic N) is 1. The molecule has 1 aromatic rings. The lowest BCUT2D eigenvalue weighted by atomic mass is 10.1. The normalized spacial score (nSPS) is 21.7. The molecule has 106 valence electrons. The summed E-state index contributed by atoms with van der Waals surface area (Å²) < 4.78 is 1.00. The molecule has 0 aliphatic carbocycles. The van der Waals surface area contributed by atoms with E-state index >= 15 is 0 Å². The first-order valence-electron chi connectivity index (χ1n) is 6.68. The highest BCUT2D eigenvalue weighted by Crippen LogP contribution is 2.20. The van der Waals surface area contributed by atoms with Crippen molar-refractivity contribution in [3.05, 3.63) is 22.8 Å². The third kappa shape index (κ3) is 4.16. The third-order valence-electron chi connectivity index (χ3n) is 3.39. The van der Waals surface area contributed by atoms with Crippen LogP contribution in [0.4, 0.5) is 5.82 Å². The Labute approximate surface area is 123 Å². The van der Waals surface area contributed by atoms with Crippen molar-refractivity contribution in [2.75, 3.05) is 31.1 Å². The zero-order valence-electron chi connectivity index (χ0n) is 11.8. The quantitative estimate of drug-likeness (QED) is 0.923. The van der Waals surface area contributed by atoms with E-state index < -0.39 is 5.60 Å². The Kier molecular flexibility index (Phi) is 4.48. The topological polar surface area (TPSA) is 39.6 Å². The zero-order valence-corrected chi connectivity index (χ0v) is 13.4. The highest BCUT2D eigenvalue weighted by Gasteiger charge is 2.28. The predicted octanol–water partition coefficient (Wildman–Crippen LogP) is 2.13. The zero-order chi connectivity index (χ0) is 14.0.